The zero-order valence-electron chi connectivity index (χ0n) is 11.8. The lowest BCUT2D eigenvalue weighted by Crippen LogP contribution is -2.22. The molecule has 2 N–H and O–H groups in total. The molecule has 2 heterocycles. The molecule has 0 saturated carbocycles. The number of nitrogens with one attached hydrogen (secondary N) is 2. The van der Waals surface area contributed by atoms with E-state index in [1.54, 1.807) is 30.3 Å². The SMILES string of the molecule is COc1ccccc1C(=O)NCc1cc2c(=O)[nH]cnc2s1. The number of rotatable bonds is 4. The Labute approximate surface area is 129 Å². The van der Waals surface area contributed by atoms with E-state index in [2.05, 4.69) is 15.3 Å². The van der Waals surface area contributed by atoms with Gasteiger partial charge in [0.2, 0.25) is 0 Å². The third-order valence-corrected chi connectivity index (χ3v) is 4.20. The van der Waals surface area contributed by atoms with Crippen molar-refractivity contribution in [2.45, 2.75) is 6.54 Å². The average molecular weight is 315 g/mol. The van der Waals surface area contributed by atoms with Gasteiger partial charge in [-0.15, -0.1) is 11.3 Å². The molecule has 0 aliphatic carbocycles. The number of carbonyl (C=O) groups is 1. The van der Waals surface area contributed by atoms with E-state index in [9.17, 15) is 9.59 Å². The monoisotopic (exact) mass is 315 g/mol. The summed E-state index contributed by atoms with van der Waals surface area (Å²) in [6.07, 6.45) is 1.37. The molecule has 2 aromatic heterocycles. The Hall–Kier alpha value is -2.67. The topological polar surface area (TPSA) is 84.1 Å². The van der Waals surface area contributed by atoms with Crippen LogP contribution < -0.4 is 15.6 Å². The van der Waals surface area contributed by atoms with Gasteiger partial charge in [0, 0.05) is 4.88 Å². The number of carbonyl (C=O) groups excluding carboxylic acids is 1. The van der Waals surface area contributed by atoms with Crippen molar-refractivity contribution in [1.82, 2.24) is 15.3 Å². The first kappa shape index (κ1) is 14.3. The Bertz CT molecular complexity index is 885. The highest BCUT2D eigenvalue weighted by molar-refractivity contribution is 7.18. The van der Waals surface area contributed by atoms with Gasteiger partial charge in [-0.05, 0) is 18.2 Å². The lowest BCUT2D eigenvalue weighted by atomic mass is 10.2. The van der Waals surface area contributed by atoms with Gasteiger partial charge in [-0.25, -0.2) is 4.98 Å². The van der Waals surface area contributed by atoms with Gasteiger partial charge in [0.05, 0.1) is 30.9 Å². The summed E-state index contributed by atoms with van der Waals surface area (Å²) in [5, 5.41) is 3.36. The predicted octanol–water partition coefficient (Wildman–Crippen LogP) is 1.92. The Morgan fingerprint density at radius 1 is 1.41 bits per heavy atom. The van der Waals surface area contributed by atoms with Gasteiger partial charge < -0.3 is 15.0 Å². The van der Waals surface area contributed by atoms with E-state index in [4.69, 9.17) is 4.74 Å². The zero-order valence-corrected chi connectivity index (χ0v) is 12.6. The minimum Gasteiger partial charge on any atom is -0.496 e. The third kappa shape index (κ3) is 2.71. The summed E-state index contributed by atoms with van der Waals surface area (Å²) >= 11 is 1.38. The Morgan fingerprint density at radius 3 is 3.00 bits per heavy atom. The van der Waals surface area contributed by atoms with Gasteiger partial charge in [0.15, 0.2) is 0 Å². The lowest BCUT2D eigenvalue weighted by Gasteiger charge is -2.08. The van der Waals surface area contributed by atoms with Gasteiger partial charge in [-0.1, -0.05) is 12.1 Å². The van der Waals surface area contributed by atoms with Gasteiger partial charge in [0.25, 0.3) is 11.5 Å². The van der Waals surface area contributed by atoms with E-state index in [1.165, 1.54) is 24.8 Å². The van der Waals surface area contributed by atoms with Crippen LogP contribution in [0.2, 0.25) is 0 Å². The van der Waals surface area contributed by atoms with Crippen LogP contribution in [-0.2, 0) is 6.54 Å². The maximum atomic E-state index is 12.2. The summed E-state index contributed by atoms with van der Waals surface area (Å²) in [7, 11) is 1.52. The lowest BCUT2D eigenvalue weighted by molar-refractivity contribution is 0.0948. The fourth-order valence-corrected chi connectivity index (χ4v) is 3.04. The first-order valence-corrected chi connectivity index (χ1v) is 7.38. The molecule has 0 atom stereocenters. The number of para-hydroxylation sites is 1. The fraction of sp³-hybridized carbons (Fsp3) is 0.133. The molecule has 0 aliphatic heterocycles. The average Bonchev–Trinajstić information content (AvgIpc) is 2.97. The summed E-state index contributed by atoms with van der Waals surface area (Å²) in [5.41, 5.74) is 0.297. The summed E-state index contributed by atoms with van der Waals surface area (Å²) in [5.74, 6) is 0.297. The number of ether oxygens (including phenoxy) is 1. The number of aromatic amines is 1. The summed E-state index contributed by atoms with van der Waals surface area (Å²) in [6, 6.07) is 8.76. The van der Waals surface area contributed by atoms with E-state index in [-0.39, 0.29) is 11.5 Å². The van der Waals surface area contributed by atoms with Crippen LogP contribution in [0.4, 0.5) is 0 Å². The minimum absolute atomic E-state index is 0.177. The number of methoxy groups -OCH3 is 1. The standard InChI is InChI=1S/C15H13N3O3S/c1-21-12-5-3-2-4-10(12)13(19)16-7-9-6-11-14(20)17-8-18-15(11)22-9/h2-6,8H,7H2,1H3,(H,16,19)(H,17,18,20). The first-order valence-electron chi connectivity index (χ1n) is 6.56. The molecule has 0 unspecified atom stereocenters. The van der Waals surface area contributed by atoms with Crippen LogP contribution in [-0.4, -0.2) is 23.0 Å². The minimum atomic E-state index is -0.225. The second kappa shape index (κ2) is 5.98. The van der Waals surface area contributed by atoms with Crippen LogP contribution >= 0.6 is 11.3 Å². The molecule has 0 saturated heterocycles. The molecule has 3 aromatic rings. The first-order chi connectivity index (χ1) is 10.7. The van der Waals surface area contributed by atoms with Crippen molar-refractivity contribution in [1.29, 1.82) is 0 Å². The highest BCUT2D eigenvalue weighted by Crippen LogP contribution is 2.21. The molecule has 1 amide bonds. The van der Waals surface area contributed by atoms with Gasteiger partial charge in [-0.2, -0.15) is 0 Å². The Balaban J connectivity index is 1.77. The molecule has 0 radical (unpaired) electrons. The number of thiophene rings is 1. The smallest absolute Gasteiger partial charge is 0.259 e. The number of fused-ring (bicyclic) bond motifs is 1. The number of hydrogen-bond acceptors (Lipinski definition) is 5. The molecule has 1 aromatic carbocycles. The van der Waals surface area contributed by atoms with E-state index in [0.29, 0.717) is 28.1 Å². The zero-order chi connectivity index (χ0) is 15.5. The van der Waals surface area contributed by atoms with Crippen molar-refractivity contribution in [3.63, 3.8) is 0 Å². The Morgan fingerprint density at radius 2 is 2.23 bits per heavy atom. The molecular formula is C15H13N3O3S. The van der Waals surface area contributed by atoms with Crippen molar-refractivity contribution in [2.75, 3.05) is 7.11 Å². The van der Waals surface area contributed by atoms with Crippen molar-refractivity contribution in [2.24, 2.45) is 0 Å². The molecule has 0 bridgehead atoms. The summed E-state index contributed by atoms with van der Waals surface area (Å²) in [6.45, 7) is 0.331. The molecule has 0 aliphatic rings. The van der Waals surface area contributed by atoms with Crippen molar-refractivity contribution in [3.8, 4) is 5.75 Å². The van der Waals surface area contributed by atoms with Crippen molar-refractivity contribution < 1.29 is 9.53 Å². The van der Waals surface area contributed by atoms with Crippen LogP contribution in [0.3, 0.4) is 0 Å². The predicted molar refractivity (Wildman–Crippen MR) is 84.4 cm³/mol. The van der Waals surface area contributed by atoms with Crippen LogP contribution in [0.5, 0.6) is 5.75 Å². The van der Waals surface area contributed by atoms with E-state index >= 15 is 0 Å². The maximum Gasteiger partial charge on any atom is 0.259 e. The van der Waals surface area contributed by atoms with Crippen LogP contribution in [0.1, 0.15) is 15.2 Å². The highest BCUT2D eigenvalue weighted by Gasteiger charge is 2.12. The van der Waals surface area contributed by atoms with Gasteiger partial charge in [0.1, 0.15) is 10.6 Å². The molecular weight excluding hydrogens is 302 g/mol. The third-order valence-electron chi connectivity index (χ3n) is 3.16. The van der Waals surface area contributed by atoms with Gasteiger partial charge >= 0.3 is 0 Å². The van der Waals surface area contributed by atoms with E-state index in [0.717, 1.165) is 4.88 Å². The van der Waals surface area contributed by atoms with Crippen molar-refractivity contribution >= 4 is 27.5 Å². The summed E-state index contributed by atoms with van der Waals surface area (Å²) in [4.78, 5) is 32.0. The van der Waals surface area contributed by atoms with Crippen LogP contribution in [0, 0.1) is 0 Å². The number of H-pyrrole nitrogens is 1. The quantitative estimate of drug-likeness (QED) is 0.770. The number of aromatic nitrogens is 2. The second-order valence-electron chi connectivity index (χ2n) is 4.55. The molecule has 0 fully saturated rings. The Kier molecular flexibility index (Phi) is 3.88. The van der Waals surface area contributed by atoms with Crippen LogP contribution in [0.25, 0.3) is 10.2 Å². The van der Waals surface area contributed by atoms with Crippen LogP contribution in [0.15, 0.2) is 41.5 Å². The molecule has 3 rings (SSSR count). The normalized spacial score (nSPS) is 10.6. The fourth-order valence-electron chi connectivity index (χ4n) is 2.10. The van der Waals surface area contributed by atoms with Crippen molar-refractivity contribution in [3.05, 3.63) is 57.5 Å². The van der Waals surface area contributed by atoms with E-state index in [1.807, 2.05) is 0 Å². The molecule has 0 spiro atoms. The number of amides is 1. The largest absolute Gasteiger partial charge is 0.496 e. The summed E-state index contributed by atoms with van der Waals surface area (Å²) < 4.78 is 5.17. The number of benzene rings is 1. The second-order valence-corrected chi connectivity index (χ2v) is 5.66. The highest BCUT2D eigenvalue weighted by atomic mass is 32.1. The number of nitrogens with zero attached hydrogens (tertiary/aromatic N) is 1. The molecule has 7 heteroatoms. The van der Waals surface area contributed by atoms with Gasteiger partial charge in [-0.3, -0.25) is 9.59 Å². The number of hydrogen-bond donors (Lipinski definition) is 2. The molecule has 22 heavy (non-hydrogen) atoms. The van der Waals surface area contributed by atoms with E-state index < -0.39 is 0 Å². The maximum absolute atomic E-state index is 12.2. The molecule has 6 nitrogen and oxygen atoms in total. The molecule has 112 valence electrons.